The van der Waals surface area contributed by atoms with Gasteiger partial charge in [-0.3, -0.25) is 43.3 Å². The number of aromatic amines is 1. The Morgan fingerprint density at radius 1 is 0.825 bits per heavy atom. The minimum Gasteiger partial charge on any atom is -0.370 e. The third kappa shape index (κ3) is 13.8. The number of hydrogen-bond acceptors (Lipinski definition) is 9. The van der Waals surface area contributed by atoms with E-state index in [0.29, 0.717) is 12.0 Å². The van der Waals surface area contributed by atoms with Crippen molar-refractivity contribution in [3.63, 3.8) is 0 Å². The number of guanidine groups is 1. The van der Waals surface area contributed by atoms with E-state index < -0.39 is 83.5 Å². The van der Waals surface area contributed by atoms with Crippen LogP contribution >= 0.6 is 0 Å². The van der Waals surface area contributed by atoms with Crippen LogP contribution in [0, 0.1) is 0 Å². The zero-order valence-electron chi connectivity index (χ0n) is 35.3. The molecule has 3 aromatic rings. The van der Waals surface area contributed by atoms with Crippen LogP contribution in [0.5, 0.6) is 0 Å². The lowest BCUT2D eigenvalue weighted by molar-refractivity contribution is -0.142. The van der Waals surface area contributed by atoms with E-state index in [1.165, 1.54) is 11.8 Å². The predicted octanol–water partition coefficient (Wildman–Crippen LogP) is -1.38. The SMILES string of the molecule is CC(=O)N[C@@H](Cc1ccccc1)C(=O)N[C@H]1CCCNC(=O)[C@H](CCCN=C(N)N)NC(=O)[C@H](Cc2c[nH]c3ccccc23)NC(=O)[C@H](CCC(N)=O)NC(=O)[C@@H]2CCCN2C1=O. The third-order valence-corrected chi connectivity index (χ3v) is 11.0. The van der Waals surface area contributed by atoms with E-state index in [1.54, 1.807) is 30.5 Å². The number of hydrogen-bond donors (Lipinski definition) is 10. The van der Waals surface area contributed by atoms with Crippen LogP contribution in [0.15, 0.2) is 65.8 Å². The quantitative estimate of drug-likeness (QED) is 0.0514. The molecule has 2 fully saturated rings. The van der Waals surface area contributed by atoms with E-state index in [0.717, 1.165) is 16.5 Å². The van der Waals surface area contributed by atoms with Gasteiger partial charge in [-0.15, -0.1) is 0 Å². The molecule has 0 saturated carbocycles. The molecular weight excluding hydrogens is 813 g/mol. The average molecular weight is 871 g/mol. The maximum atomic E-state index is 14.4. The molecule has 2 aliphatic heterocycles. The summed E-state index contributed by atoms with van der Waals surface area (Å²) in [5.74, 6) is -5.28. The first-order valence-corrected chi connectivity index (χ1v) is 21.2. The minimum absolute atomic E-state index is 0.0195. The molecule has 0 aliphatic carbocycles. The summed E-state index contributed by atoms with van der Waals surface area (Å²) in [5.41, 5.74) is 18.7. The number of benzene rings is 2. The summed E-state index contributed by atoms with van der Waals surface area (Å²) in [6, 6.07) is 9.34. The molecule has 20 heteroatoms. The summed E-state index contributed by atoms with van der Waals surface area (Å²) in [6.45, 7) is 1.62. The third-order valence-electron chi connectivity index (χ3n) is 11.0. The summed E-state index contributed by atoms with van der Waals surface area (Å²) in [7, 11) is 0. The molecule has 0 spiro atoms. The highest BCUT2D eigenvalue weighted by molar-refractivity contribution is 5.98. The largest absolute Gasteiger partial charge is 0.370 e. The summed E-state index contributed by atoms with van der Waals surface area (Å²) >= 11 is 0. The van der Waals surface area contributed by atoms with E-state index in [1.807, 2.05) is 30.3 Å². The smallest absolute Gasteiger partial charge is 0.245 e. The molecule has 3 heterocycles. The number of primary amides is 1. The number of fused-ring (bicyclic) bond motifs is 2. The Balaban J connectivity index is 1.47. The molecule has 0 radical (unpaired) electrons. The van der Waals surface area contributed by atoms with Crippen molar-refractivity contribution in [3.8, 4) is 0 Å². The predicted molar refractivity (Wildman–Crippen MR) is 233 cm³/mol. The van der Waals surface area contributed by atoms with Crippen molar-refractivity contribution < 1.29 is 38.4 Å². The number of aromatic nitrogens is 1. The molecule has 20 nitrogen and oxygen atoms in total. The van der Waals surface area contributed by atoms with Crippen molar-refractivity contribution in [2.24, 2.45) is 22.2 Å². The van der Waals surface area contributed by atoms with Crippen LogP contribution in [-0.2, 0) is 51.2 Å². The Bertz CT molecular complexity index is 2160. The zero-order valence-corrected chi connectivity index (χ0v) is 35.3. The van der Waals surface area contributed by atoms with Gasteiger partial charge < -0.3 is 59.0 Å². The van der Waals surface area contributed by atoms with Gasteiger partial charge in [-0.2, -0.15) is 0 Å². The van der Waals surface area contributed by atoms with Crippen molar-refractivity contribution >= 4 is 64.1 Å². The number of carbonyl (C=O) groups excluding carboxylic acids is 8. The van der Waals surface area contributed by atoms with Gasteiger partial charge in [-0.05, 0) is 62.1 Å². The van der Waals surface area contributed by atoms with E-state index >= 15 is 0 Å². The maximum Gasteiger partial charge on any atom is 0.245 e. The molecular formula is C43H58N12O8. The number of nitrogens with one attached hydrogen (secondary N) is 7. The highest BCUT2D eigenvalue weighted by atomic mass is 16.2. The van der Waals surface area contributed by atoms with Crippen molar-refractivity contribution in [2.75, 3.05) is 19.6 Å². The zero-order chi connectivity index (χ0) is 45.5. The van der Waals surface area contributed by atoms with Crippen LogP contribution in [0.4, 0.5) is 0 Å². The van der Waals surface area contributed by atoms with Crippen molar-refractivity contribution in [2.45, 2.75) is 107 Å². The molecule has 13 N–H and O–H groups in total. The first-order valence-electron chi connectivity index (χ1n) is 21.2. The Labute approximate surface area is 364 Å². The second kappa shape index (κ2) is 22.7. The van der Waals surface area contributed by atoms with Gasteiger partial charge in [-0.1, -0.05) is 48.5 Å². The van der Waals surface area contributed by atoms with Gasteiger partial charge in [0.15, 0.2) is 5.96 Å². The first kappa shape index (κ1) is 47.1. The normalized spacial score (nSPS) is 22.0. The van der Waals surface area contributed by atoms with Crippen molar-refractivity contribution in [3.05, 3.63) is 71.9 Å². The van der Waals surface area contributed by atoms with Crippen LogP contribution in [0.3, 0.4) is 0 Å². The van der Waals surface area contributed by atoms with Crippen molar-refractivity contribution in [1.29, 1.82) is 0 Å². The Kier molecular flexibility index (Phi) is 17.0. The summed E-state index contributed by atoms with van der Waals surface area (Å²) in [5, 5.41) is 17.3. The molecule has 0 bridgehead atoms. The molecule has 8 amide bonds. The van der Waals surface area contributed by atoms with E-state index in [9.17, 15) is 38.4 Å². The molecule has 2 aliphatic rings. The summed E-state index contributed by atoms with van der Waals surface area (Å²) < 4.78 is 0. The van der Waals surface area contributed by atoms with Gasteiger partial charge in [-0.25, -0.2) is 0 Å². The highest BCUT2D eigenvalue weighted by Crippen LogP contribution is 2.22. The van der Waals surface area contributed by atoms with Crippen LogP contribution in [0.2, 0.25) is 0 Å². The van der Waals surface area contributed by atoms with Crippen LogP contribution in [0.25, 0.3) is 10.9 Å². The summed E-state index contributed by atoms with van der Waals surface area (Å²) in [6.07, 6.45) is 2.55. The van der Waals surface area contributed by atoms with Gasteiger partial charge in [0.2, 0.25) is 47.3 Å². The molecule has 2 aromatic carbocycles. The Morgan fingerprint density at radius 2 is 1.51 bits per heavy atom. The van der Waals surface area contributed by atoms with E-state index in [-0.39, 0.29) is 83.4 Å². The van der Waals surface area contributed by atoms with Gasteiger partial charge in [0.25, 0.3) is 0 Å². The number of amides is 8. The molecule has 6 atom stereocenters. The van der Waals surface area contributed by atoms with E-state index in [4.69, 9.17) is 17.2 Å². The highest BCUT2D eigenvalue weighted by Gasteiger charge is 2.40. The lowest BCUT2D eigenvalue weighted by Gasteiger charge is -2.31. The Morgan fingerprint density at radius 3 is 2.24 bits per heavy atom. The second-order valence-corrected chi connectivity index (χ2v) is 15.8. The number of carbonyl (C=O) groups is 8. The molecule has 5 rings (SSSR count). The second-order valence-electron chi connectivity index (χ2n) is 15.8. The number of nitrogens with zero attached hydrogens (tertiary/aromatic N) is 2. The maximum absolute atomic E-state index is 14.4. The van der Waals surface area contributed by atoms with Gasteiger partial charge in [0, 0.05) is 62.9 Å². The number of rotatable bonds is 14. The fraction of sp³-hybridized carbons (Fsp3) is 0.465. The van der Waals surface area contributed by atoms with Gasteiger partial charge in [0.1, 0.15) is 36.3 Å². The number of para-hydroxylation sites is 1. The number of H-pyrrole nitrogens is 1. The van der Waals surface area contributed by atoms with Crippen molar-refractivity contribution in [1.82, 2.24) is 41.8 Å². The van der Waals surface area contributed by atoms with Crippen LogP contribution < -0.4 is 49.1 Å². The van der Waals surface area contributed by atoms with Gasteiger partial charge in [0.05, 0.1) is 0 Å². The van der Waals surface area contributed by atoms with Gasteiger partial charge >= 0.3 is 0 Å². The fourth-order valence-corrected chi connectivity index (χ4v) is 7.85. The topological polar surface area (TPSA) is 318 Å². The van der Waals surface area contributed by atoms with Crippen LogP contribution in [0.1, 0.15) is 69.4 Å². The van der Waals surface area contributed by atoms with E-state index in [2.05, 4.69) is 41.9 Å². The van der Waals surface area contributed by atoms with Crippen LogP contribution in [-0.4, -0.2) is 119 Å². The molecule has 338 valence electrons. The fourth-order valence-electron chi connectivity index (χ4n) is 7.85. The molecule has 0 unspecified atom stereocenters. The Hall–Kier alpha value is -6.99. The lowest BCUT2D eigenvalue weighted by atomic mass is 10.0. The monoisotopic (exact) mass is 870 g/mol. The standard InChI is InChI=1S/C43H58N12O8/c1-25(56)50-33(22-26-10-3-2-4-11-26)39(60)53-32-15-8-19-47-37(58)30(14-7-20-48-43(45)46)51-40(61)34(23-27-24-49-29-13-6-5-12-28(27)29)54-38(59)31(17-18-36(44)57)52-41(62)35-16-9-21-55(35)42(32)63/h2-6,10-13,24,30-35,49H,7-9,14-23H2,1H3,(H2,44,57)(H,47,58)(H,50,56)(H,51,61)(H,52,62)(H,53,60)(H,54,59)(H4,45,46,48)/t30-,31-,32-,33-,34-,35-/m0/s1. The number of nitrogens with two attached hydrogens (primary N) is 3. The average Bonchev–Trinajstić information content (AvgIpc) is 3.91. The summed E-state index contributed by atoms with van der Waals surface area (Å²) in [4.78, 5) is 117. The molecule has 63 heavy (non-hydrogen) atoms. The molecule has 1 aromatic heterocycles. The first-order chi connectivity index (χ1) is 30.2. The minimum atomic E-state index is -1.37. The molecule has 2 saturated heterocycles. The lowest BCUT2D eigenvalue weighted by Crippen LogP contribution is -2.60. The number of aliphatic imine (C=N–C) groups is 1.